The molecule has 0 radical (unpaired) electrons. The van der Waals surface area contributed by atoms with Crippen molar-refractivity contribution in [1.82, 2.24) is 9.47 Å². The topological polar surface area (TPSA) is 43.4 Å². The van der Waals surface area contributed by atoms with E-state index in [1.54, 1.807) is 5.57 Å². The first-order valence-corrected chi connectivity index (χ1v) is 10.1. The number of fused-ring (bicyclic) bond motifs is 6. The number of halogens is 2. The zero-order valence-corrected chi connectivity index (χ0v) is 18.2. The van der Waals surface area contributed by atoms with Crippen LogP contribution in [0.2, 0.25) is 0 Å². The van der Waals surface area contributed by atoms with Gasteiger partial charge in [-0.3, -0.25) is 4.90 Å². The molecule has 6 heteroatoms. The highest BCUT2D eigenvalue weighted by Crippen LogP contribution is 2.33. The van der Waals surface area contributed by atoms with Gasteiger partial charge < -0.3 is 15.0 Å². The minimum atomic E-state index is 0. The molecule has 3 aliphatic heterocycles. The zero-order valence-electron chi connectivity index (χ0n) is 16.5. The Balaban J connectivity index is 0.00000120. The van der Waals surface area contributed by atoms with Crippen molar-refractivity contribution in [2.24, 2.45) is 11.7 Å². The maximum absolute atomic E-state index is 6.11. The summed E-state index contributed by atoms with van der Waals surface area (Å²) >= 11 is 0. The Kier molecular flexibility index (Phi) is 7.12. The van der Waals surface area contributed by atoms with E-state index in [1.807, 2.05) is 0 Å². The van der Waals surface area contributed by atoms with Gasteiger partial charge in [0.15, 0.2) is 0 Å². The van der Waals surface area contributed by atoms with Crippen molar-refractivity contribution < 1.29 is 4.74 Å². The van der Waals surface area contributed by atoms with E-state index in [2.05, 4.69) is 58.0 Å². The SMILES string of the molecule is Cl.Cl.NCCn1c2ccccc2c2ccc(OCC=C3CN4CCC3CC4)cc21. The molecule has 0 spiro atoms. The van der Waals surface area contributed by atoms with Crippen molar-refractivity contribution in [3.8, 4) is 5.75 Å². The molecule has 0 atom stereocenters. The molecule has 6 rings (SSSR count). The highest BCUT2D eigenvalue weighted by molar-refractivity contribution is 6.08. The quantitative estimate of drug-likeness (QED) is 0.596. The summed E-state index contributed by atoms with van der Waals surface area (Å²) in [6, 6.07) is 15.0. The van der Waals surface area contributed by atoms with Crippen molar-refractivity contribution in [1.29, 1.82) is 0 Å². The van der Waals surface area contributed by atoms with Gasteiger partial charge in [-0.15, -0.1) is 24.8 Å². The minimum absolute atomic E-state index is 0. The fourth-order valence-corrected chi connectivity index (χ4v) is 4.81. The highest BCUT2D eigenvalue weighted by Gasteiger charge is 2.28. The van der Waals surface area contributed by atoms with E-state index in [4.69, 9.17) is 10.5 Å². The number of nitrogens with two attached hydrogens (primary N) is 1. The fraction of sp³-hybridized carbons (Fsp3) is 0.391. The Morgan fingerprint density at radius 2 is 1.76 bits per heavy atom. The first kappa shape index (κ1) is 22.0. The van der Waals surface area contributed by atoms with E-state index < -0.39 is 0 Å². The van der Waals surface area contributed by atoms with E-state index in [0.29, 0.717) is 13.2 Å². The molecule has 2 bridgehead atoms. The summed E-state index contributed by atoms with van der Waals surface area (Å²) in [7, 11) is 0. The van der Waals surface area contributed by atoms with Crippen LogP contribution >= 0.6 is 24.8 Å². The van der Waals surface area contributed by atoms with Gasteiger partial charge in [-0.05, 0) is 56.1 Å². The lowest BCUT2D eigenvalue weighted by Crippen LogP contribution is -2.43. The summed E-state index contributed by atoms with van der Waals surface area (Å²) in [4.78, 5) is 2.56. The summed E-state index contributed by atoms with van der Waals surface area (Å²) in [5, 5.41) is 2.55. The Morgan fingerprint density at radius 1 is 1.00 bits per heavy atom. The van der Waals surface area contributed by atoms with E-state index in [0.717, 1.165) is 24.8 Å². The standard InChI is InChI=1S/C23H27N3O.2ClH/c24-10-13-26-22-4-2-1-3-20(22)21-6-5-19(15-23(21)26)27-14-9-18-16-25-11-7-17(18)8-12-25;;/h1-6,9,15,17H,7-8,10-14,16,24H2;2*1H. The Hall–Kier alpha value is -1.72. The lowest BCUT2D eigenvalue weighted by atomic mass is 9.84. The van der Waals surface area contributed by atoms with Gasteiger partial charge in [0.25, 0.3) is 0 Å². The van der Waals surface area contributed by atoms with Crippen LogP contribution in [0.1, 0.15) is 12.8 Å². The summed E-state index contributed by atoms with van der Waals surface area (Å²) in [5.74, 6) is 1.72. The minimum Gasteiger partial charge on any atom is -0.489 e. The number of hydrogen-bond donors (Lipinski definition) is 1. The predicted molar refractivity (Wildman–Crippen MR) is 126 cm³/mol. The van der Waals surface area contributed by atoms with E-state index in [-0.39, 0.29) is 24.8 Å². The van der Waals surface area contributed by atoms with Gasteiger partial charge in [0, 0.05) is 42.0 Å². The molecule has 2 aromatic carbocycles. The lowest BCUT2D eigenvalue weighted by molar-refractivity contribution is 0.160. The van der Waals surface area contributed by atoms with E-state index in [9.17, 15) is 0 Å². The summed E-state index contributed by atoms with van der Waals surface area (Å²) in [6.45, 7) is 5.77. The summed E-state index contributed by atoms with van der Waals surface area (Å²) in [5.41, 5.74) is 9.89. The lowest BCUT2D eigenvalue weighted by Gasteiger charge is -2.41. The average Bonchev–Trinajstić information content (AvgIpc) is 3.03. The number of rotatable bonds is 5. The van der Waals surface area contributed by atoms with E-state index >= 15 is 0 Å². The van der Waals surface area contributed by atoms with Crippen molar-refractivity contribution in [2.75, 3.05) is 32.8 Å². The molecule has 3 aromatic rings. The number of hydrogen-bond acceptors (Lipinski definition) is 3. The maximum Gasteiger partial charge on any atom is 0.121 e. The third-order valence-corrected chi connectivity index (χ3v) is 6.21. The molecule has 0 unspecified atom stereocenters. The first-order chi connectivity index (χ1) is 13.3. The van der Waals surface area contributed by atoms with Crippen LogP contribution in [0.15, 0.2) is 54.1 Å². The van der Waals surface area contributed by atoms with Gasteiger partial charge >= 0.3 is 0 Å². The van der Waals surface area contributed by atoms with Gasteiger partial charge in [-0.25, -0.2) is 0 Å². The number of nitrogens with zero attached hydrogens (tertiary/aromatic N) is 2. The fourth-order valence-electron chi connectivity index (χ4n) is 4.81. The average molecular weight is 434 g/mol. The van der Waals surface area contributed by atoms with Crippen LogP contribution in [0.25, 0.3) is 21.8 Å². The molecule has 3 aliphatic rings. The molecular formula is C23H29Cl2N3O. The van der Waals surface area contributed by atoms with Crippen LogP contribution in [0.5, 0.6) is 5.75 Å². The number of benzene rings is 2. The summed E-state index contributed by atoms with van der Waals surface area (Å²) in [6.07, 6.45) is 4.95. The normalized spacial score (nSPS) is 21.9. The second-order valence-electron chi connectivity index (χ2n) is 7.78. The predicted octanol–water partition coefficient (Wildman–Crippen LogP) is 4.63. The molecular weight excluding hydrogens is 405 g/mol. The molecule has 4 heterocycles. The van der Waals surface area contributed by atoms with Gasteiger partial charge in [0.2, 0.25) is 0 Å². The molecule has 1 aromatic heterocycles. The highest BCUT2D eigenvalue weighted by atomic mass is 35.5. The second-order valence-corrected chi connectivity index (χ2v) is 7.78. The Bertz CT molecular complexity index is 1010. The Labute approximate surface area is 184 Å². The molecule has 29 heavy (non-hydrogen) atoms. The summed E-state index contributed by atoms with van der Waals surface area (Å²) < 4.78 is 8.42. The van der Waals surface area contributed by atoms with Crippen molar-refractivity contribution >= 4 is 46.6 Å². The number of ether oxygens (including phenoxy) is 1. The van der Waals surface area contributed by atoms with Crippen LogP contribution < -0.4 is 10.5 Å². The molecule has 0 saturated carbocycles. The first-order valence-electron chi connectivity index (χ1n) is 10.1. The molecule has 4 nitrogen and oxygen atoms in total. The van der Waals surface area contributed by atoms with Crippen LogP contribution in [-0.2, 0) is 6.54 Å². The monoisotopic (exact) mass is 433 g/mol. The van der Waals surface area contributed by atoms with Crippen LogP contribution in [-0.4, -0.2) is 42.3 Å². The molecule has 3 fully saturated rings. The van der Waals surface area contributed by atoms with Gasteiger partial charge in [-0.2, -0.15) is 0 Å². The molecule has 3 saturated heterocycles. The molecule has 2 N–H and O–H groups in total. The van der Waals surface area contributed by atoms with Crippen LogP contribution in [0.3, 0.4) is 0 Å². The smallest absolute Gasteiger partial charge is 0.121 e. The molecule has 156 valence electrons. The molecule has 0 amide bonds. The van der Waals surface area contributed by atoms with E-state index in [1.165, 1.54) is 47.7 Å². The van der Waals surface area contributed by atoms with Crippen molar-refractivity contribution in [2.45, 2.75) is 19.4 Å². The van der Waals surface area contributed by atoms with Crippen LogP contribution in [0, 0.1) is 5.92 Å². The van der Waals surface area contributed by atoms with Gasteiger partial charge in [-0.1, -0.05) is 23.8 Å². The van der Waals surface area contributed by atoms with Crippen LogP contribution in [0.4, 0.5) is 0 Å². The van der Waals surface area contributed by atoms with Crippen molar-refractivity contribution in [3.05, 3.63) is 54.1 Å². The number of aromatic nitrogens is 1. The molecule has 0 aliphatic carbocycles. The Morgan fingerprint density at radius 3 is 2.48 bits per heavy atom. The van der Waals surface area contributed by atoms with Gasteiger partial charge in [0.1, 0.15) is 12.4 Å². The largest absolute Gasteiger partial charge is 0.489 e. The third-order valence-electron chi connectivity index (χ3n) is 6.21. The second kappa shape index (κ2) is 9.40. The van der Waals surface area contributed by atoms with Gasteiger partial charge in [0.05, 0.1) is 5.52 Å². The van der Waals surface area contributed by atoms with Crippen molar-refractivity contribution in [3.63, 3.8) is 0 Å². The number of piperidine rings is 3. The zero-order chi connectivity index (χ0) is 18.2. The third kappa shape index (κ3) is 4.13. The number of para-hydroxylation sites is 1. The maximum atomic E-state index is 6.11.